The Hall–Kier alpha value is -2.35. The zero-order chi connectivity index (χ0) is 15.1. The molecule has 0 radical (unpaired) electrons. The van der Waals surface area contributed by atoms with Gasteiger partial charge in [-0.05, 0) is 51.3 Å². The lowest BCUT2D eigenvalue weighted by Gasteiger charge is -2.21. The number of carbonyl (C=O) groups is 1. The smallest absolute Gasteiger partial charge is 0.309 e. The van der Waals surface area contributed by atoms with E-state index in [0.29, 0.717) is 0 Å². The van der Waals surface area contributed by atoms with Gasteiger partial charge >= 0.3 is 5.97 Å². The van der Waals surface area contributed by atoms with Crippen LogP contribution in [0.25, 0.3) is 12.2 Å². The zero-order valence-corrected chi connectivity index (χ0v) is 12.6. The standard InChI is InChI=1S/C20H18O2/c1-22-20(21)15-7-6-14-9-10-17-16-5-3-2-4-13(16)8-11-18(17)19(14)12-15/h2-6,8-10,15H,7,11-12H2,1H3. The lowest BCUT2D eigenvalue weighted by atomic mass is 9.84. The molecule has 0 fully saturated rings. The van der Waals surface area contributed by atoms with Crippen molar-refractivity contribution in [3.05, 3.63) is 68.4 Å². The van der Waals surface area contributed by atoms with Gasteiger partial charge in [-0.15, -0.1) is 0 Å². The van der Waals surface area contributed by atoms with Gasteiger partial charge in [-0.25, -0.2) is 0 Å². The van der Waals surface area contributed by atoms with Crippen LogP contribution in [0.1, 0.15) is 17.5 Å². The lowest BCUT2D eigenvalue weighted by Crippen LogP contribution is -2.28. The molecular formula is C20H18O2. The van der Waals surface area contributed by atoms with Gasteiger partial charge in [0.25, 0.3) is 0 Å². The second-order valence-electron chi connectivity index (χ2n) is 6.02. The SMILES string of the molecule is COC(=O)C1CC=c2ccc3c(c2C1)CC=c1ccccc1=3. The fourth-order valence-corrected chi connectivity index (χ4v) is 3.71. The Morgan fingerprint density at radius 1 is 1.00 bits per heavy atom. The Kier molecular flexibility index (Phi) is 3.11. The Morgan fingerprint density at radius 3 is 2.73 bits per heavy atom. The van der Waals surface area contributed by atoms with Crippen LogP contribution in [0.3, 0.4) is 0 Å². The van der Waals surface area contributed by atoms with E-state index < -0.39 is 0 Å². The molecule has 0 amide bonds. The molecule has 1 unspecified atom stereocenters. The van der Waals surface area contributed by atoms with E-state index in [2.05, 4.69) is 48.6 Å². The van der Waals surface area contributed by atoms with E-state index in [1.54, 1.807) is 0 Å². The van der Waals surface area contributed by atoms with Crippen LogP contribution < -0.4 is 10.4 Å². The summed E-state index contributed by atoms with van der Waals surface area (Å²) in [7, 11) is 1.47. The molecule has 0 saturated heterocycles. The summed E-state index contributed by atoms with van der Waals surface area (Å²) in [5.74, 6) is -0.138. The third-order valence-electron chi connectivity index (χ3n) is 4.85. The maximum Gasteiger partial charge on any atom is 0.309 e. The summed E-state index contributed by atoms with van der Waals surface area (Å²) < 4.78 is 4.94. The van der Waals surface area contributed by atoms with Gasteiger partial charge in [-0.2, -0.15) is 0 Å². The van der Waals surface area contributed by atoms with E-state index in [-0.39, 0.29) is 11.9 Å². The molecule has 0 aliphatic heterocycles. The summed E-state index contributed by atoms with van der Waals surface area (Å²) >= 11 is 0. The Bertz CT molecular complexity index is 970. The first-order valence-corrected chi connectivity index (χ1v) is 7.76. The number of esters is 1. The van der Waals surface area contributed by atoms with Crippen LogP contribution in [-0.4, -0.2) is 13.1 Å². The summed E-state index contributed by atoms with van der Waals surface area (Å²) in [4.78, 5) is 11.9. The van der Waals surface area contributed by atoms with Crippen molar-refractivity contribution >= 4 is 18.1 Å². The highest BCUT2D eigenvalue weighted by molar-refractivity contribution is 5.74. The van der Waals surface area contributed by atoms with Gasteiger partial charge < -0.3 is 4.74 Å². The summed E-state index contributed by atoms with van der Waals surface area (Å²) in [5.41, 5.74) is 2.70. The van der Waals surface area contributed by atoms with Gasteiger partial charge in [0.1, 0.15) is 0 Å². The zero-order valence-electron chi connectivity index (χ0n) is 12.6. The Balaban J connectivity index is 1.98. The molecule has 2 aromatic rings. The molecule has 4 rings (SSSR count). The molecule has 0 saturated carbocycles. The molecule has 0 N–H and O–H groups in total. The molecule has 22 heavy (non-hydrogen) atoms. The third kappa shape index (κ3) is 1.98. The van der Waals surface area contributed by atoms with Gasteiger partial charge in [0.15, 0.2) is 0 Å². The number of fused-ring (bicyclic) bond motifs is 4. The van der Waals surface area contributed by atoms with Crippen molar-refractivity contribution in [2.45, 2.75) is 19.3 Å². The van der Waals surface area contributed by atoms with Gasteiger partial charge in [0, 0.05) is 0 Å². The molecule has 0 aromatic heterocycles. The first-order valence-electron chi connectivity index (χ1n) is 7.76. The predicted molar refractivity (Wildman–Crippen MR) is 86.3 cm³/mol. The van der Waals surface area contributed by atoms with Crippen LogP contribution in [0.2, 0.25) is 0 Å². The predicted octanol–water partition coefficient (Wildman–Crippen LogP) is 1.83. The van der Waals surface area contributed by atoms with E-state index in [9.17, 15) is 4.79 Å². The molecule has 2 aliphatic carbocycles. The van der Waals surface area contributed by atoms with Crippen molar-refractivity contribution < 1.29 is 9.53 Å². The minimum absolute atomic E-state index is 0.0406. The van der Waals surface area contributed by atoms with Gasteiger partial charge in [-0.1, -0.05) is 48.6 Å². The number of methoxy groups -OCH3 is 1. The second kappa shape index (κ2) is 5.13. The first-order chi connectivity index (χ1) is 10.8. The van der Waals surface area contributed by atoms with Crippen molar-refractivity contribution in [1.29, 1.82) is 0 Å². The average molecular weight is 290 g/mol. The summed E-state index contributed by atoms with van der Waals surface area (Å²) in [6.45, 7) is 0. The van der Waals surface area contributed by atoms with Gasteiger partial charge in [-0.3, -0.25) is 4.79 Å². The Labute approximate surface area is 129 Å². The third-order valence-corrected chi connectivity index (χ3v) is 4.85. The molecule has 110 valence electrons. The fraction of sp³-hybridized carbons (Fsp3) is 0.250. The van der Waals surface area contributed by atoms with E-state index in [0.717, 1.165) is 19.3 Å². The van der Waals surface area contributed by atoms with E-state index >= 15 is 0 Å². The van der Waals surface area contributed by atoms with Crippen molar-refractivity contribution in [3.8, 4) is 0 Å². The topological polar surface area (TPSA) is 26.3 Å². The normalized spacial score (nSPS) is 18.1. The van der Waals surface area contributed by atoms with Crippen molar-refractivity contribution in [1.82, 2.24) is 0 Å². The Morgan fingerprint density at radius 2 is 1.86 bits per heavy atom. The van der Waals surface area contributed by atoms with Crippen LogP contribution in [0.4, 0.5) is 0 Å². The molecule has 2 aromatic carbocycles. The van der Waals surface area contributed by atoms with Crippen LogP contribution in [0.5, 0.6) is 0 Å². The van der Waals surface area contributed by atoms with E-state index in [1.165, 1.54) is 39.1 Å². The number of rotatable bonds is 1. The first kappa shape index (κ1) is 13.3. The number of hydrogen-bond acceptors (Lipinski definition) is 2. The molecule has 2 heteroatoms. The highest BCUT2D eigenvalue weighted by Gasteiger charge is 2.24. The van der Waals surface area contributed by atoms with Gasteiger partial charge in [0.05, 0.1) is 13.0 Å². The maximum absolute atomic E-state index is 11.9. The van der Waals surface area contributed by atoms with Crippen molar-refractivity contribution in [2.75, 3.05) is 7.11 Å². The van der Waals surface area contributed by atoms with Gasteiger partial charge in [0.2, 0.25) is 0 Å². The highest BCUT2D eigenvalue weighted by atomic mass is 16.5. The largest absolute Gasteiger partial charge is 0.469 e. The van der Waals surface area contributed by atoms with Crippen LogP contribution in [-0.2, 0) is 22.4 Å². The maximum atomic E-state index is 11.9. The average Bonchev–Trinajstić information content (AvgIpc) is 2.60. The molecular weight excluding hydrogens is 272 g/mol. The van der Waals surface area contributed by atoms with E-state index in [1.807, 2.05) is 0 Å². The summed E-state index contributed by atoms with van der Waals surface area (Å²) in [6.07, 6.45) is 6.98. The van der Waals surface area contributed by atoms with Crippen molar-refractivity contribution in [3.63, 3.8) is 0 Å². The number of carbonyl (C=O) groups excluding carboxylic acids is 1. The summed E-state index contributed by atoms with van der Waals surface area (Å²) in [6, 6.07) is 12.9. The second-order valence-corrected chi connectivity index (χ2v) is 6.02. The minimum atomic E-state index is -0.0975. The number of hydrogen-bond donors (Lipinski definition) is 0. The van der Waals surface area contributed by atoms with Crippen LogP contribution in [0, 0.1) is 16.4 Å². The molecule has 2 aliphatic rings. The van der Waals surface area contributed by atoms with E-state index in [4.69, 9.17) is 4.74 Å². The molecule has 0 spiro atoms. The number of ether oxygens (including phenoxy) is 1. The van der Waals surface area contributed by atoms with Crippen molar-refractivity contribution in [2.24, 2.45) is 5.92 Å². The lowest BCUT2D eigenvalue weighted by molar-refractivity contribution is -0.145. The molecule has 0 bridgehead atoms. The molecule has 2 nitrogen and oxygen atoms in total. The minimum Gasteiger partial charge on any atom is -0.469 e. The monoisotopic (exact) mass is 290 g/mol. The van der Waals surface area contributed by atoms with Crippen LogP contribution in [0.15, 0.2) is 36.4 Å². The molecule has 1 atom stereocenters. The fourth-order valence-electron chi connectivity index (χ4n) is 3.71. The highest BCUT2D eigenvalue weighted by Crippen LogP contribution is 2.22. The quantitative estimate of drug-likeness (QED) is 0.749. The summed E-state index contributed by atoms with van der Waals surface area (Å²) in [5, 5.41) is 5.20. The van der Waals surface area contributed by atoms with Crippen LogP contribution >= 0.6 is 0 Å². The number of benzene rings is 2. The molecule has 0 heterocycles.